The summed E-state index contributed by atoms with van der Waals surface area (Å²) in [5.74, 6) is 0. The van der Waals surface area contributed by atoms with Crippen LogP contribution in [0.2, 0.25) is 0 Å². The highest BCUT2D eigenvalue weighted by Crippen LogP contribution is 2.20. The summed E-state index contributed by atoms with van der Waals surface area (Å²) in [6.07, 6.45) is 1.97. The van der Waals surface area contributed by atoms with Crippen LogP contribution < -0.4 is 0 Å². The molecule has 0 saturated heterocycles. The molecule has 66 valence electrons. The van der Waals surface area contributed by atoms with Gasteiger partial charge in [0.05, 0.1) is 10.7 Å². The SMILES string of the molecule is CCCc1nc(C)c(C(=O)Cl)s1. The van der Waals surface area contributed by atoms with Crippen molar-refractivity contribution in [3.05, 3.63) is 15.6 Å². The molecule has 1 heterocycles. The zero-order valence-corrected chi connectivity index (χ0v) is 8.63. The van der Waals surface area contributed by atoms with Gasteiger partial charge in [-0.1, -0.05) is 6.92 Å². The molecule has 1 aromatic rings. The van der Waals surface area contributed by atoms with Gasteiger partial charge < -0.3 is 0 Å². The Balaban J connectivity index is 2.92. The van der Waals surface area contributed by atoms with Gasteiger partial charge in [-0.25, -0.2) is 4.98 Å². The van der Waals surface area contributed by atoms with E-state index < -0.39 is 5.24 Å². The van der Waals surface area contributed by atoms with Gasteiger partial charge in [0.25, 0.3) is 5.24 Å². The molecule has 0 radical (unpaired) electrons. The molecule has 0 spiro atoms. The van der Waals surface area contributed by atoms with E-state index in [0.717, 1.165) is 23.5 Å². The van der Waals surface area contributed by atoms with Crippen molar-refractivity contribution in [2.24, 2.45) is 0 Å². The zero-order valence-electron chi connectivity index (χ0n) is 7.06. The molecule has 1 aromatic heterocycles. The fourth-order valence-corrected chi connectivity index (χ4v) is 2.21. The van der Waals surface area contributed by atoms with Crippen LogP contribution in [-0.4, -0.2) is 10.2 Å². The van der Waals surface area contributed by atoms with E-state index in [1.807, 2.05) is 6.92 Å². The summed E-state index contributed by atoms with van der Waals surface area (Å²) >= 11 is 6.75. The predicted octanol–water partition coefficient (Wildman–Crippen LogP) is 2.78. The number of aromatic nitrogens is 1. The van der Waals surface area contributed by atoms with E-state index >= 15 is 0 Å². The Morgan fingerprint density at radius 3 is 2.75 bits per heavy atom. The minimum atomic E-state index is -0.396. The Labute approximate surface area is 80.6 Å². The van der Waals surface area contributed by atoms with Gasteiger partial charge in [0.2, 0.25) is 0 Å². The van der Waals surface area contributed by atoms with Crippen molar-refractivity contribution >= 4 is 28.2 Å². The number of hydrogen-bond acceptors (Lipinski definition) is 3. The second-order valence-electron chi connectivity index (χ2n) is 2.55. The topological polar surface area (TPSA) is 30.0 Å². The molecule has 0 atom stereocenters. The molecule has 0 bridgehead atoms. The van der Waals surface area contributed by atoms with Crippen molar-refractivity contribution in [3.63, 3.8) is 0 Å². The van der Waals surface area contributed by atoms with Crippen molar-refractivity contribution in [1.29, 1.82) is 0 Å². The molecule has 0 fully saturated rings. The summed E-state index contributed by atoms with van der Waals surface area (Å²) < 4.78 is 0. The van der Waals surface area contributed by atoms with E-state index in [1.54, 1.807) is 0 Å². The third-order valence-electron chi connectivity index (χ3n) is 1.48. The number of nitrogens with zero attached hydrogens (tertiary/aromatic N) is 1. The number of halogens is 1. The largest absolute Gasteiger partial charge is 0.275 e. The van der Waals surface area contributed by atoms with Crippen LogP contribution >= 0.6 is 22.9 Å². The first kappa shape index (κ1) is 9.68. The van der Waals surface area contributed by atoms with E-state index in [2.05, 4.69) is 11.9 Å². The Bertz CT molecular complexity index is 295. The van der Waals surface area contributed by atoms with E-state index in [4.69, 9.17) is 11.6 Å². The van der Waals surface area contributed by atoms with Crippen molar-refractivity contribution in [3.8, 4) is 0 Å². The molecule has 0 saturated carbocycles. The number of hydrogen-bond donors (Lipinski definition) is 0. The average Bonchev–Trinajstić information content (AvgIpc) is 2.32. The molecule has 12 heavy (non-hydrogen) atoms. The highest BCUT2D eigenvalue weighted by molar-refractivity contribution is 7.15. The van der Waals surface area contributed by atoms with Gasteiger partial charge in [-0.15, -0.1) is 11.3 Å². The van der Waals surface area contributed by atoms with Gasteiger partial charge in [-0.3, -0.25) is 4.79 Å². The van der Waals surface area contributed by atoms with Gasteiger partial charge in [0, 0.05) is 0 Å². The van der Waals surface area contributed by atoms with Crippen LogP contribution in [0.4, 0.5) is 0 Å². The monoisotopic (exact) mass is 203 g/mol. The first-order valence-corrected chi connectivity index (χ1v) is 5.00. The van der Waals surface area contributed by atoms with E-state index in [-0.39, 0.29) is 0 Å². The van der Waals surface area contributed by atoms with Crippen LogP contribution in [0.25, 0.3) is 0 Å². The molecule has 0 N–H and O–H groups in total. The minimum absolute atomic E-state index is 0.396. The van der Waals surface area contributed by atoms with Crippen molar-refractivity contribution in [2.45, 2.75) is 26.7 Å². The maximum absolute atomic E-state index is 10.8. The van der Waals surface area contributed by atoms with Gasteiger partial charge in [0.15, 0.2) is 0 Å². The van der Waals surface area contributed by atoms with E-state index in [1.165, 1.54) is 11.3 Å². The Hall–Kier alpha value is -0.410. The lowest BCUT2D eigenvalue weighted by Crippen LogP contribution is -1.86. The maximum Gasteiger partial charge on any atom is 0.264 e. The van der Waals surface area contributed by atoms with Crippen LogP contribution in [0.3, 0.4) is 0 Å². The van der Waals surface area contributed by atoms with Crippen LogP contribution in [0.15, 0.2) is 0 Å². The van der Waals surface area contributed by atoms with Crippen LogP contribution in [0.1, 0.15) is 33.7 Å². The molecular formula is C8H10ClNOS. The number of thiazole rings is 1. The molecule has 0 aromatic carbocycles. The lowest BCUT2D eigenvalue weighted by Gasteiger charge is -1.85. The minimum Gasteiger partial charge on any atom is -0.275 e. The van der Waals surface area contributed by atoms with E-state index in [9.17, 15) is 4.79 Å². The number of carbonyl (C=O) groups excluding carboxylic acids is 1. The highest BCUT2D eigenvalue weighted by atomic mass is 35.5. The molecule has 0 unspecified atom stereocenters. The first-order chi connectivity index (χ1) is 5.65. The summed E-state index contributed by atoms with van der Waals surface area (Å²) in [7, 11) is 0. The van der Waals surface area contributed by atoms with Crippen LogP contribution in [0, 0.1) is 6.92 Å². The van der Waals surface area contributed by atoms with Crippen molar-refractivity contribution in [1.82, 2.24) is 4.98 Å². The second kappa shape index (κ2) is 4.01. The Kier molecular flexibility index (Phi) is 3.23. The van der Waals surface area contributed by atoms with Gasteiger partial charge >= 0.3 is 0 Å². The Morgan fingerprint density at radius 1 is 1.67 bits per heavy atom. The summed E-state index contributed by atoms with van der Waals surface area (Å²) in [5.41, 5.74) is 0.753. The summed E-state index contributed by atoms with van der Waals surface area (Å²) in [6.45, 7) is 3.89. The molecule has 1 rings (SSSR count). The first-order valence-electron chi connectivity index (χ1n) is 3.81. The summed E-state index contributed by atoms with van der Waals surface area (Å²) in [4.78, 5) is 15.6. The summed E-state index contributed by atoms with van der Waals surface area (Å²) in [6, 6.07) is 0. The smallest absolute Gasteiger partial charge is 0.264 e. The standard InChI is InChI=1S/C8H10ClNOS/c1-3-4-6-10-5(2)7(12-6)8(9)11/h3-4H2,1-2H3. The third kappa shape index (κ3) is 2.05. The van der Waals surface area contributed by atoms with Crippen LogP contribution in [0.5, 0.6) is 0 Å². The molecule has 0 aliphatic heterocycles. The zero-order chi connectivity index (χ0) is 9.14. The molecular weight excluding hydrogens is 194 g/mol. The quantitative estimate of drug-likeness (QED) is 0.708. The lowest BCUT2D eigenvalue weighted by atomic mass is 10.3. The fourth-order valence-electron chi connectivity index (χ4n) is 0.955. The maximum atomic E-state index is 10.8. The fraction of sp³-hybridized carbons (Fsp3) is 0.500. The van der Waals surface area contributed by atoms with Crippen molar-refractivity contribution in [2.75, 3.05) is 0 Å². The van der Waals surface area contributed by atoms with Gasteiger partial charge in [0.1, 0.15) is 4.88 Å². The third-order valence-corrected chi connectivity index (χ3v) is 3.00. The molecule has 0 aliphatic carbocycles. The van der Waals surface area contributed by atoms with Gasteiger partial charge in [-0.05, 0) is 31.4 Å². The van der Waals surface area contributed by atoms with Crippen LogP contribution in [-0.2, 0) is 6.42 Å². The second-order valence-corrected chi connectivity index (χ2v) is 3.97. The number of aryl methyl sites for hydroxylation is 2. The average molecular weight is 204 g/mol. The normalized spacial score (nSPS) is 10.2. The molecule has 4 heteroatoms. The Morgan fingerprint density at radius 2 is 2.33 bits per heavy atom. The number of rotatable bonds is 3. The van der Waals surface area contributed by atoms with Crippen molar-refractivity contribution < 1.29 is 4.79 Å². The molecule has 2 nitrogen and oxygen atoms in total. The van der Waals surface area contributed by atoms with E-state index in [0.29, 0.717) is 4.88 Å². The summed E-state index contributed by atoms with van der Waals surface area (Å²) in [5, 5.41) is 0.603. The lowest BCUT2D eigenvalue weighted by molar-refractivity contribution is 0.108. The number of carbonyl (C=O) groups is 1. The van der Waals surface area contributed by atoms with Gasteiger partial charge in [-0.2, -0.15) is 0 Å². The predicted molar refractivity (Wildman–Crippen MR) is 51.0 cm³/mol. The molecule has 0 amide bonds. The highest BCUT2D eigenvalue weighted by Gasteiger charge is 2.11. The molecule has 0 aliphatic rings.